The summed E-state index contributed by atoms with van der Waals surface area (Å²) >= 11 is 0. The summed E-state index contributed by atoms with van der Waals surface area (Å²) in [6.07, 6.45) is 2.83. The molecule has 0 spiro atoms. The van der Waals surface area contributed by atoms with Gasteiger partial charge in [0.2, 0.25) is 0 Å². The largest absolute Gasteiger partial charge is 0.507 e. The SMILES string of the molecule is CCCCN1C(=O)c2[nH]nc(-c3cc(C)cc(C)c3O)c2C1c1cccc(OCCC)c1. The van der Waals surface area contributed by atoms with Crippen molar-refractivity contribution in [2.45, 2.75) is 53.0 Å². The molecular weight excluding hydrogens is 402 g/mol. The molecule has 0 bridgehead atoms. The van der Waals surface area contributed by atoms with Crippen molar-refractivity contribution in [2.75, 3.05) is 13.2 Å². The molecule has 0 radical (unpaired) electrons. The zero-order valence-electron chi connectivity index (χ0n) is 19.2. The van der Waals surface area contributed by atoms with Gasteiger partial charge in [-0.3, -0.25) is 9.89 Å². The number of nitrogens with zero attached hydrogens (tertiary/aromatic N) is 2. The smallest absolute Gasteiger partial charge is 0.273 e. The lowest BCUT2D eigenvalue weighted by Crippen LogP contribution is -2.30. The number of fused-ring (bicyclic) bond motifs is 1. The minimum atomic E-state index is -0.289. The monoisotopic (exact) mass is 433 g/mol. The molecule has 6 nitrogen and oxygen atoms in total. The number of hydrogen-bond donors (Lipinski definition) is 2. The number of phenols is 1. The summed E-state index contributed by atoms with van der Waals surface area (Å²) in [7, 11) is 0. The van der Waals surface area contributed by atoms with Crippen LogP contribution in [-0.4, -0.2) is 39.3 Å². The number of hydrogen-bond acceptors (Lipinski definition) is 4. The fourth-order valence-electron chi connectivity index (χ4n) is 4.44. The minimum Gasteiger partial charge on any atom is -0.507 e. The third-order valence-corrected chi connectivity index (χ3v) is 5.96. The summed E-state index contributed by atoms with van der Waals surface area (Å²) in [5, 5.41) is 18.3. The van der Waals surface area contributed by atoms with Crippen LogP contribution in [0.1, 0.15) is 71.9 Å². The predicted octanol–water partition coefficient (Wildman–Crippen LogP) is 5.53. The molecule has 1 amide bonds. The molecule has 1 aliphatic heterocycles. The number of benzene rings is 2. The number of unbranched alkanes of at least 4 members (excludes halogenated alkanes) is 1. The summed E-state index contributed by atoms with van der Waals surface area (Å²) in [6, 6.07) is 11.5. The molecular formula is C26H31N3O3. The van der Waals surface area contributed by atoms with Crippen LogP contribution in [0.3, 0.4) is 0 Å². The summed E-state index contributed by atoms with van der Waals surface area (Å²) < 4.78 is 5.87. The molecule has 1 atom stereocenters. The average molecular weight is 434 g/mol. The van der Waals surface area contributed by atoms with Crippen LogP contribution in [0.15, 0.2) is 36.4 Å². The Balaban J connectivity index is 1.87. The maximum Gasteiger partial charge on any atom is 0.273 e. The molecule has 0 fully saturated rings. The number of carbonyl (C=O) groups excluding carboxylic acids is 1. The van der Waals surface area contributed by atoms with Gasteiger partial charge in [0.05, 0.1) is 12.6 Å². The Morgan fingerprint density at radius 3 is 2.72 bits per heavy atom. The van der Waals surface area contributed by atoms with Crippen molar-refractivity contribution in [3.05, 3.63) is 64.3 Å². The minimum absolute atomic E-state index is 0.0547. The van der Waals surface area contributed by atoms with Gasteiger partial charge in [0.1, 0.15) is 22.9 Å². The van der Waals surface area contributed by atoms with Crippen LogP contribution in [0.25, 0.3) is 11.3 Å². The van der Waals surface area contributed by atoms with E-state index in [4.69, 9.17) is 4.74 Å². The highest BCUT2D eigenvalue weighted by Gasteiger charge is 2.42. The number of aromatic hydroxyl groups is 1. The lowest BCUT2D eigenvalue weighted by Gasteiger charge is -2.26. The first-order chi connectivity index (χ1) is 15.5. The topological polar surface area (TPSA) is 78.5 Å². The molecule has 6 heteroatoms. The first kappa shape index (κ1) is 21.9. The van der Waals surface area contributed by atoms with Crippen LogP contribution in [-0.2, 0) is 0 Å². The molecule has 32 heavy (non-hydrogen) atoms. The summed E-state index contributed by atoms with van der Waals surface area (Å²) in [4.78, 5) is 15.3. The Labute approximate surface area is 189 Å². The first-order valence-electron chi connectivity index (χ1n) is 11.4. The number of H-pyrrole nitrogens is 1. The van der Waals surface area contributed by atoms with Crippen LogP contribution in [0.5, 0.6) is 11.5 Å². The molecule has 0 aliphatic carbocycles. The number of aromatic nitrogens is 2. The van der Waals surface area contributed by atoms with E-state index in [9.17, 15) is 9.90 Å². The van der Waals surface area contributed by atoms with Crippen LogP contribution in [0, 0.1) is 13.8 Å². The normalized spacial score (nSPS) is 15.3. The zero-order chi connectivity index (χ0) is 22.8. The van der Waals surface area contributed by atoms with Crippen molar-refractivity contribution in [3.8, 4) is 22.8 Å². The van der Waals surface area contributed by atoms with Crippen molar-refractivity contribution in [1.29, 1.82) is 0 Å². The second-order valence-corrected chi connectivity index (χ2v) is 8.51. The van der Waals surface area contributed by atoms with Gasteiger partial charge in [0.25, 0.3) is 5.91 Å². The molecule has 1 unspecified atom stereocenters. The third kappa shape index (κ3) is 3.85. The van der Waals surface area contributed by atoms with E-state index in [0.717, 1.165) is 47.3 Å². The van der Waals surface area contributed by atoms with E-state index in [0.29, 0.717) is 30.1 Å². The van der Waals surface area contributed by atoms with Gasteiger partial charge < -0.3 is 14.7 Å². The maximum atomic E-state index is 13.4. The Morgan fingerprint density at radius 2 is 1.97 bits per heavy atom. The molecule has 4 rings (SSSR count). The van der Waals surface area contributed by atoms with Crippen LogP contribution >= 0.6 is 0 Å². The molecule has 2 N–H and O–H groups in total. The highest BCUT2D eigenvalue weighted by atomic mass is 16.5. The van der Waals surface area contributed by atoms with Crippen molar-refractivity contribution in [1.82, 2.24) is 15.1 Å². The first-order valence-corrected chi connectivity index (χ1v) is 11.4. The van der Waals surface area contributed by atoms with Gasteiger partial charge in [0, 0.05) is 17.7 Å². The van der Waals surface area contributed by atoms with Crippen molar-refractivity contribution < 1.29 is 14.6 Å². The highest BCUT2D eigenvalue weighted by molar-refractivity contribution is 6.00. The van der Waals surface area contributed by atoms with Crippen molar-refractivity contribution in [2.24, 2.45) is 0 Å². The number of nitrogens with one attached hydrogen (secondary N) is 1. The van der Waals surface area contributed by atoms with Crippen molar-refractivity contribution >= 4 is 5.91 Å². The number of carbonyl (C=O) groups is 1. The number of ether oxygens (including phenoxy) is 1. The lowest BCUT2D eigenvalue weighted by atomic mass is 9.94. The number of phenolic OH excluding ortho intramolecular Hbond substituents is 1. The van der Waals surface area contributed by atoms with E-state index in [1.807, 2.05) is 55.1 Å². The summed E-state index contributed by atoms with van der Waals surface area (Å²) in [5.74, 6) is 0.934. The molecule has 3 aromatic rings. The molecule has 0 saturated carbocycles. The molecule has 2 heterocycles. The second kappa shape index (κ2) is 9.07. The van der Waals surface area contributed by atoms with Crippen molar-refractivity contribution in [3.63, 3.8) is 0 Å². The van der Waals surface area contributed by atoms with Crippen LogP contribution < -0.4 is 4.74 Å². The van der Waals surface area contributed by atoms with Crippen LogP contribution in [0.2, 0.25) is 0 Å². The van der Waals surface area contributed by atoms with Gasteiger partial charge in [-0.25, -0.2) is 0 Å². The molecule has 168 valence electrons. The number of rotatable bonds is 8. The Hall–Kier alpha value is -3.28. The van der Waals surface area contributed by atoms with E-state index >= 15 is 0 Å². The molecule has 1 aliphatic rings. The quantitative estimate of drug-likeness (QED) is 0.489. The predicted molar refractivity (Wildman–Crippen MR) is 125 cm³/mol. The van der Waals surface area contributed by atoms with Gasteiger partial charge in [-0.1, -0.05) is 38.5 Å². The Bertz CT molecular complexity index is 1140. The van der Waals surface area contributed by atoms with Gasteiger partial charge in [-0.05, 0) is 61.6 Å². The van der Waals surface area contributed by atoms with Gasteiger partial charge in [-0.15, -0.1) is 0 Å². The van der Waals surface area contributed by atoms with Gasteiger partial charge in [-0.2, -0.15) is 5.10 Å². The number of amides is 1. The molecule has 1 aromatic heterocycles. The number of aryl methyl sites for hydroxylation is 2. The van der Waals surface area contributed by atoms with E-state index in [1.54, 1.807) is 0 Å². The maximum absolute atomic E-state index is 13.4. The third-order valence-electron chi connectivity index (χ3n) is 5.96. The number of aromatic amines is 1. The Kier molecular flexibility index (Phi) is 6.21. The average Bonchev–Trinajstić information content (AvgIpc) is 3.32. The van der Waals surface area contributed by atoms with E-state index in [-0.39, 0.29) is 17.7 Å². The van der Waals surface area contributed by atoms with E-state index in [2.05, 4.69) is 24.0 Å². The summed E-state index contributed by atoms with van der Waals surface area (Å²) in [6.45, 7) is 9.37. The summed E-state index contributed by atoms with van der Waals surface area (Å²) in [5.41, 5.74) is 5.39. The lowest BCUT2D eigenvalue weighted by molar-refractivity contribution is 0.0741. The van der Waals surface area contributed by atoms with Crippen LogP contribution in [0.4, 0.5) is 0 Å². The molecule has 0 saturated heterocycles. The molecule has 2 aromatic carbocycles. The standard InChI is InChI=1S/C26H31N3O3/c1-5-7-11-29-24(18-9-8-10-19(15-18)32-12-6-2)21-22(27-28-23(21)26(29)31)20-14-16(3)13-17(4)25(20)30/h8-10,13-15,24,30H,5-7,11-12H2,1-4H3,(H,27,28). The second-order valence-electron chi connectivity index (χ2n) is 8.51. The van der Waals surface area contributed by atoms with E-state index < -0.39 is 0 Å². The Morgan fingerprint density at radius 1 is 1.16 bits per heavy atom. The van der Waals surface area contributed by atoms with E-state index in [1.165, 1.54) is 0 Å². The fourth-order valence-corrected chi connectivity index (χ4v) is 4.44. The highest BCUT2D eigenvalue weighted by Crippen LogP contribution is 2.45. The van der Waals surface area contributed by atoms with Gasteiger partial charge >= 0.3 is 0 Å². The fraction of sp³-hybridized carbons (Fsp3) is 0.385. The zero-order valence-corrected chi connectivity index (χ0v) is 19.2. The van der Waals surface area contributed by atoms with Gasteiger partial charge in [0.15, 0.2) is 0 Å².